The Balaban J connectivity index is 1.33. The molecule has 0 unspecified atom stereocenters. The van der Waals surface area contributed by atoms with E-state index in [1.807, 2.05) is 38.2 Å². The van der Waals surface area contributed by atoms with E-state index in [4.69, 9.17) is 9.47 Å². The number of fused-ring (bicyclic) bond motifs is 1. The molecule has 12 heteroatoms. The van der Waals surface area contributed by atoms with Crippen molar-refractivity contribution in [3.8, 4) is 17.2 Å². The molecule has 270 valence electrons. The molecule has 2 amide bonds. The Hall–Kier alpha value is -4.94. The Morgan fingerprint density at radius 3 is 2.39 bits per heavy atom. The first kappa shape index (κ1) is 37.3. The van der Waals surface area contributed by atoms with Crippen molar-refractivity contribution in [1.82, 2.24) is 9.80 Å². The zero-order chi connectivity index (χ0) is 36.9. The normalized spacial score (nSPS) is 16.9. The van der Waals surface area contributed by atoms with Crippen LogP contribution in [0.2, 0.25) is 0 Å². The molecule has 0 aliphatic carbocycles. The van der Waals surface area contributed by atoms with Gasteiger partial charge in [-0.1, -0.05) is 37.3 Å². The molecule has 1 aliphatic heterocycles. The Kier molecular flexibility index (Phi) is 11.7. The number of aliphatic hydroxyl groups is 1. The van der Waals surface area contributed by atoms with Gasteiger partial charge >= 0.3 is 6.18 Å². The van der Waals surface area contributed by atoms with Crippen LogP contribution in [0.1, 0.15) is 46.5 Å². The van der Waals surface area contributed by atoms with Crippen molar-refractivity contribution in [2.75, 3.05) is 32.1 Å². The fourth-order valence-electron chi connectivity index (χ4n) is 5.95. The highest BCUT2D eigenvalue weighted by atomic mass is 19.4. The number of nitrogens with zero attached hydrogens (tertiary/aromatic N) is 2. The van der Waals surface area contributed by atoms with Gasteiger partial charge < -0.3 is 24.8 Å². The lowest BCUT2D eigenvalue weighted by Crippen LogP contribution is -2.49. The van der Waals surface area contributed by atoms with Crippen molar-refractivity contribution in [3.63, 3.8) is 0 Å². The van der Waals surface area contributed by atoms with Crippen LogP contribution in [0.15, 0.2) is 84.9 Å². The van der Waals surface area contributed by atoms with Crippen molar-refractivity contribution in [3.05, 3.63) is 119 Å². The van der Waals surface area contributed by atoms with Gasteiger partial charge in [0, 0.05) is 25.6 Å². The number of para-hydroxylation sites is 1. The van der Waals surface area contributed by atoms with Crippen molar-refractivity contribution in [2.45, 2.75) is 52.1 Å². The lowest BCUT2D eigenvalue weighted by molar-refractivity contribution is -0.137. The molecule has 0 saturated carbocycles. The summed E-state index contributed by atoms with van der Waals surface area (Å²) in [4.78, 5) is 30.6. The summed E-state index contributed by atoms with van der Waals surface area (Å²) in [7, 11) is 1.94. The summed E-state index contributed by atoms with van der Waals surface area (Å²) >= 11 is 0. The van der Waals surface area contributed by atoms with Crippen LogP contribution in [0, 0.1) is 18.7 Å². The van der Waals surface area contributed by atoms with Gasteiger partial charge in [-0.05, 0) is 92.2 Å². The van der Waals surface area contributed by atoms with Gasteiger partial charge in [0.1, 0.15) is 23.4 Å². The van der Waals surface area contributed by atoms with Gasteiger partial charge in [0.2, 0.25) is 5.91 Å². The molecule has 4 aromatic carbocycles. The number of ether oxygens (including phenoxy) is 2. The monoisotopic (exact) mass is 707 g/mol. The average molecular weight is 708 g/mol. The molecule has 51 heavy (non-hydrogen) atoms. The predicted octanol–water partition coefficient (Wildman–Crippen LogP) is 7.48. The molecule has 8 nitrogen and oxygen atoms in total. The Labute approximate surface area is 294 Å². The molecule has 1 heterocycles. The number of likely N-dealkylation sites (N-methyl/N-ethyl adjacent to an activating group) is 1. The van der Waals surface area contributed by atoms with E-state index in [1.54, 1.807) is 43.0 Å². The first-order valence-corrected chi connectivity index (χ1v) is 16.6. The third kappa shape index (κ3) is 9.44. The van der Waals surface area contributed by atoms with E-state index in [-0.39, 0.29) is 47.7 Å². The molecule has 0 bridgehead atoms. The van der Waals surface area contributed by atoms with Crippen LogP contribution < -0.4 is 14.8 Å². The SMILES string of the molecule is Cc1cc(F)ccc1Oc1ccc(CN(C)C[C@H]2Oc3c(NC(=O)Cc4ccc(C(F)(F)F)cc4)cccc3C(=O)N([C@@H](C)CO)C[C@H]2C)cc1. The van der Waals surface area contributed by atoms with E-state index in [0.717, 1.165) is 17.7 Å². The minimum atomic E-state index is -4.49. The zero-order valence-corrected chi connectivity index (χ0v) is 28.8. The van der Waals surface area contributed by atoms with E-state index >= 15 is 0 Å². The molecular formula is C39H41F4N3O5. The molecule has 4 aromatic rings. The van der Waals surface area contributed by atoms with E-state index < -0.39 is 29.8 Å². The van der Waals surface area contributed by atoms with Crippen LogP contribution in [0.4, 0.5) is 23.2 Å². The molecule has 0 radical (unpaired) electrons. The van der Waals surface area contributed by atoms with Gasteiger partial charge in [0.25, 0.3) is 5.91 Å². The Bertz CT molecular complexity index is 1830. The number of benzene rings is 4. The molecule has 3 atom stereocenters. The molecule has 1 aliphatic rings. The van der Waals surface area contributed by atoms with Gasteiger partial charge in [-0.25, -0.2) is 4.39 Å². The second kappa shape index (κ2) is 15.9. The summed E-state index contributed by atoms with van der Waals surface area (Å²) in [6.45, 7) is 6.56. The maximum atomic E-state index is 13.8. The zero-order valence-electron chi connectivity index (χ0n) is 28.8. The molecule has 2 N–H and O–H groups in total. The number of aliphatic hydroxyl groups excluding tert-OH is 1. The largest absolute Gasteiger partial charge is 0.486 e. The Morgan fingerprint density at radius 1 is 1.06 bits per heavy atom. The lowest BCUT2D eigenvalue weighted by atomic mass is 9.98. The predicted molar refractivity (Wildman–Crippen MR) is 185 cm³/mol. The molecule has 0 fully saturated rings. The third-order valence-corrected chi connectivity index (χ3v) is 8.84. The van der Waals surface area contributed by atoms with Crippen LogP contribution in [0.5, 0.6) is 17.2 Å². The highest BCUT2D eigenvalue weighted by Gasteiger charge is 2.35. The second-order valence-electron chi connectivity index (χ2n) is 13.1. The number of hydrogen-bond donors (Lipinski definition) is 2. The molecular weight excluding hydrogens is 666 g/mol. The first-order valence-electron chi connectivity index (χ1n) is 16.6. The number of halogens is 4. The maximum absolute atomic E-state index is 13.8. The van der Waals surface area contributed by atoms with Gasteiger partial charge in [-0.3, -0.25) is 14.5 Å². The fraction of sp³-hybridized carbons (Fsp3) is 0.333. The van der Waals surface area contributed by atoms with Crippen molar-refractivity contribution in [2.24, 2.45) is 5.92 Å². The van der Waals surface area contributed by atoms with Gasteiger partial charge in [-0.15, -0.1) is 0 Å². The number of carbonyl (C=O) groups excluding carboxylic acids is 2. The van der Waals surface area contributed by atoms with Crippen molar-refractivity contribution >= 4 is 17.5 Å². The highest BCUT2D eigenvalue weighted by Crippen LogP contribution is 2.36. The highest BCUT2D eigenvalue weighted by molar-refractivity contribution is 6.02. The standard InChI is InChI=1S/C39H41F4N3O5/c1-24-18-30(40)14-17-34(24)50-31-15-10-28(11-16-31)21-45(4)22-35-25(2)20-46(26(3)23-47)38(49)32-6-5-7-33(37(32)51-35)44-36(48)19-27-8-12-29(13-9-27)39(41,42)43/h5-18,25-26,35,47H,19-23H2,1-4H3,(H,44,48)/t25-,26+,35-/m1/s1. The summed E-state index contributed by atoms with van der Waals surface area (Å²) in [6, 6.07) is 20.6. The summed E-state index contributed by atoms with van der Waals surface area (Å²) < 4.78 is 65.1. The summed E-state index contributed by atoms with van der Waals surface area (Å²) in [6.07, 6.45) is -5.13. The third-order valence-electron chi connectivity index (χ3n) is 8.84. The number of alkyl halides is 3. The summed E-state index contributed by atoms with van der Waals surface area (Å²) in [5.41, 5.74) is 1.73. The number of amides is 2. The van der Waals surface area contributed by atoms with Crippen molar-refractivity contribution < 1.29 is 41.7 Å². The smallest absolute Gasteiger partial charge is 0.416 e. The Morgan fingerprint density at radius 2 is 1.75 bits per heavy atom. The molecule has 0 spiro atoms. The van der Waals surface area contributed by atoms with E-state index in [2.05, 4.69) is 10.2 Å². The van der Waals surface area contributed by atoms with Gasteiger partial charge in [-0.2, -0.15) is 13.2 Å². The summed E-state index contributed by atoms with van der Waals surface area (Å²) in [5.74, 6) is -0.0161. The van der Waals surface area contributed by atoms with Crippen LogP contribution in [-0.4, -0.2) is 65.6 Å². The van der Waals surface area contributed by atoms with Gasteiger partial charge in [0.15, 0.2) is 5.75 Å². The second-order valence-corrected chi connectivity index (χ2v) is 13.1. The minimum Gasteiger partial charge on any atom is -0.486 e. The lowest BCUT2D eigenvalue weighted by Gasteiger charge is -2.38. The van der Waals surface area contributed by atoms with E-state index in [0.29, 0.717) is 42.3 Å². The quantitative estimate of drug-likeness (QED) is 0.157. The topological polar surface area (TPSA) is 91.3 Å². The molecule has 5 rings (SSSR count). The van der Waals surface area contributed by atoms with Crippen LogP contribution in [-0.2, 0) is 23.9 Å². The first-order chi connectivity index (χ1) is 24.2. The van der Waals surface area contributed by atoms with Crippen LogP contribution in [0.25, 0.3) is 0 Å². The van der Waals surface area contributed by atoms with Crippen LogP contribution >= 0.6 is 0 Å². The number of aryl methyl sites for hydroxylation is 1. The number of carbonyl (C=O) groups is 2. The number of nitrogens with one attached hydrogen (secondary N) is 1. The van der Waals surface area contributed by atoms with Crippen LogP contribution in [0.3, 0.4) is 0 Å². The molecule has 0 saturated heterocycles. The maximum Gasteiger partial charge on any atom is 0.416 e. The molecule has 0 aromatic heterocycles. The summed E-state index contributed by atoms with van der Waals surface area (Å²) in [5, 5.41) is 12.8. The van der Waals surface area contributed by atoms with E-state index in [1.165, 1.54) is 24.3 Å². The number of anilines is 1. The minimum absolute atomic E-state index is 0.181. The number of rotatable bonds is 11. The van der Waals surface area contributed by atoms with Gasteiger partial charge in [0.05, 0.1) is 35.9 Å². The van der Waals surface area contributed by atoms with Crippen molar-refractivity contribution in [1.29, 1.82) is 0 Å². The average Bonchev–Trinajstić information content (AvgIpc) is 3.08. The number of hydrogen-bond acceptors (Lipinski definition) is 6. The van der Waals surface area contributed by atoms with E-state index in [9.17, 15) is 32.3 Å². The fourth-order valence-corrected chi connectivity index (χ4v) is 5.95.